The Bertz CT molecular complexity index is 1250. The molecule has 0 bridgehead atoms. The fourth-order valence-corrected chi connectivity index (χ4v) is 3.90. The molecule has 1 saturated heterocycles. The fraction of sp³-hybridized carbons (Fsp3) is 0.238. The first-order valence-electron chi connectivity index (χ1n) is 9.87. The van der Waals surface area contributed by atoms with Crippen LogP contribution in [0.5, 0.6) is 0 Å². The number of amides is 1. The number of rotatable bonds is 4. The van der Waals surface area contributed by atoms with Crippen LogP contribution in [0.2, 0.25) is 5.02 Å². The summed E-state index contributed by atoms with van der Waals surface area (Å²) in [7, 11) is 0. The number of imidazole rings is 1. The Morgan fingerprint density at radius 3 is 2.84 bits per heavy atom. The molecule has 3 aromatic heterocycles. The zero-order chi connectivity index (χ0) is 21.4. The van der Waals surface area contributed by atoms with Gasteiger partial charge in [0, 0.05) is 36.7 Å². The number of halogens is 1. The Labute approximate surface area is 183 Å². The third kappa shape index (κ3) is 3.73. The van der Waals surface area contributed by atoms with Crippen molar-refractivity contribution in [3.8, 4) is 11.3 Å². The van der Waals surface area contributed by atoms with Crippen molar-refractivity contribution in [2.24, 2.45) is 0 Å². The van der Waals surface area contributed by atoms with Crippen molar-refractivity contribution in [3.63, 3.8) is 0 Å². The van der Waals surface area contributed by atoms with Crippen LogP contribution in [0.3, 0.4) is 0 Å². The molecule has 1 aliphatic rings. The number of aromatic nitrogens is 5. The number of aryl methyl sites for hydroxylation is 1. The van der Waals surface area contributed by atoms with Gasteiger partial charge >= 0.3 is 0 Å². The van der Waals surface area contributed by atoms with Crippen LogP contribution < -0.4 is 5.32 Å². The average Bonchev–Trinajstić information content (AvgIpc) is 3.44. The van der Waals surface area contributed by atoms with Gasteiger partial charge in [0.25, 0.3) is 5.91 Å². The van der Waals surface area contributed by atoms with Crippen LogP contribution in [0, 0.1) is 6.92 Å². The van der Waals surface area contributed by atoms with Gasteiger partial charge in [-0.3, -0.25) is 14.3 Å². The summed E-state index contributed by atoms with van der Waals surface area (Å²) in [5.74, 6) is 0.506. The molecule has 4 heterocycles. The summed E-state index contributed by atoms with van der Waals surface area (Å²) in [6.07, 6.45) is 7.27. The first kappa shape index (κ1) is 19.5. The summed E-state index contributed by atoms with van der Waals surface area (Å²) < 4.78 is 7.28. The Hall–Kier alpha value is -3.43. The van der Waals surface area contributed by atoms with E-state index in [-0.39, 0.29) is 5.91 Å². The largest absolute Gasteiger partial charge is 0.378 e. The number of carbonyl (C=O) groups excluding carboxylic acids is 1. The maximum absolute atomic E-state index is 12.8. The first-order valence-corrected chi connectivity index (χ1v) is 10.3. The van der Waals surface area contributed by atoms with Crippen LogP contribution >= 0.6 is 11.6 Å². The molecule has 1 amide bonds. The van der Waals surface area contributed by atoms with E-state index < -0.39 is 0 Å². The molecule has 0 spiro atoms. The molecule has 2 N–H and O–H groups in total. The number of H-pyrrole nitrogens is 1. The number of aromatic amines is 1. The lowest BCUT2D eigenvalue weighted by atomic mass is 10.1. The van der Waals surface area contributed by atoms with Crippen LogP contribution in [-0.4, -0.2) is 61.7 Å². The number of morpholine rings is 1. The highest BCUT2D eigenvalue weighted by Crippen LogP contribution is 2.28. The highest BCUT2D eigenvalue weighted by atomic mass is 35.5. The first-order chi connectivity index (χ1) is 15.1. The molecule has 5 rings (SSSR count). The molecule has 31 heavy (non-hydrogen) atoms. The lowest BCUT2D eigenvalue weighted by molar-refractivity contribution is 0.0303. The second kappa shape index (κ2) is 8.01. The number of fused-ring (bicyclic) bond motifs is 1. The van der Waals surface area contributed by atoms with Gasteiger partial charge in [-0.05, 0) is 25.1 Å². The van der Waals surface area contributed by atoms with Crippen molar-refractivity contribution < 1.29 is 9.53 Å². The maximum atomic E-state index is 12.8. The molecule has 1 aliphatic heterocycles. The van der Waals surface area contributed by atoms with E-state index in [0.717, 1.165) is 22.6 Å². The Kier molecular flexibility index (Phi) is 5.05. The van der Waals surface area contributed by atoms with E-state index in [9.17, 15) is 4.79 Å². The zero-order valence-corrected chi connectivity index (χ0v) is 17.6. The Balaban J connectivity index is 1.45. The molecule has 0 atom stereocenters. The molecule has 0 unspecified atom stereocenters. The lowest BCUT2D eigenvalue weighted by Gasteiger charge is -2.27. The highest BCUT2D eigenvalue weighted by molar-refractivity contribution is 6.34. The molecule has 1 aromatic carbocycles. The van der Waals surface area contributed by atoms with E-state index in [4.69, 9.17) is 16.3 Å². The van der Waals surface area contributed by atoms with Gasteiger partial charge in [0.05, 0.1) is 47.6 Å². The third-order valence-corrected chi connectivity index (χ3v) is 5.48. The second-order valence-corrected chi connectivity index (χ2v) is 7.69. The summed E-state index contributed by atoms with van der Waals surface area (Å²) in [4.78, 5) is 23.6. The SMILES string of the molecule is Cc1cn2c(-c3cn[nH]c3)cnc2c(Nc2ccc(C(=O)N3CCOCC3)c(Cl)c2)n1. The number of anilines is 2. The maximum Gasteiger partial charge on any atom is 0.255 e. The minimum absolute atomic E-state index is 0.0890. The molecular weight excluding hydrogens is 418 g/mol. The third-order valence-electron chi connectivity index (χ3n) is 5.17. The van der Waals surface area contributed by atoms with E-state index in [2.05, 4.69) is 25.5 Å². The molecule has 9 nitrogen and oxygen atoms in total. The molecule has 0 aliphatic carbocycles. The predicted molar refractivity (Wildman–Crippen MR) is 117 cm³/mol. The quantitative estimate of drug-likeness (QED) is 0.508. The van der Waals surface area contributed by atoms with Gasteiger partial charge in [0.15, 0.2) is 11.5 Å². The van der Waals surface area contributed by atoms with Crippen molar-refractivity contribution in [2.45, 2.75) is 6.92 Å². The summed E-state index contributed by atoms with van der Waals surface area (Å²) in [5.41, 5.74) is 4.52. The van der Waals surface area contributed by atoms with Gasteiger partial charge in [-0.15, -0.1) is 0 Å². The molecule has 4 aromatic rings. The summed E-state index contributed by atoms with van der Waals surface area (Å²) in [6, 6.07) is 5.29. The molecule has 0 radical (unpaired) electrons. The van der Waals surface area contributed by atoms with Crippen LogP contribution in [0.25, 0.3) is 16.9 Å². The van der Waals surface area contributed by atoms with E-state index in [1.807, 2.05) is 29.8 Å². The number of nitrogens with zero attached hydrogens (tertiary/aromatic N) is 5. The van der Waals surface area contributed by atoms with Crippen LogP contribution in [0.1, 0.15) is 16.1 Å². The Morgan fingerprint density at radius 2 is 2.10 bits per heavy atom. The molecule has 10 heteroatoms. The van der Waals surface area contributed by atoms with Crippen molar-refractivity contribution in [3.05, 3.63) is 59.3 Å². The Morgan fingerprint density at radius 1 is 1.26 bits per heavy atom. The molecule has 158 valence electrons. The topological polar surface area (TPSA) is 100 Å². The van der Waals surface area contributed by atoms with Crippen molar-refractivity contribution in [1.29, 1.82) is 0 Å². The normalized spacial score (nSPS) is 14.2. The van der Waals surface area contributed by atoms with Crippen LogP contribution in [0.4, 0.5) is 11.5 Å². The zero-order valence-electron chi connectivity index (χ0n) is 16.8. The number of hydrogen-bond donors (Lipinski definition) is 2. The predicted octanol–water partition coefficient (Wildman–Crippen LogP) is 3.30. The van der Waals surface area contributed by atoms with E-state index >= 15 is 0 Å². The van der Waals surface area contributed by atoms with Crippen molar-refractivity contribution in [1.82, 2.24) is 29.5 Å². The van der Waals surface area contributed by atoms with Gasteiger partial charge in [0.2, 0.25) is 0 Å². The monoisotopic (exact) mass is 437 g/mol. The van der Waals surface area contributed by atoms with Gasteiger partial charge in [-0.25, -0.2) is 9.97 Å². The lowest BCUT2D eigenvalue weighted by Crippen LogP contribution is -2.40. The average molecular weight is 438 g/mol. The number of ether oxygens (including phenoxy) is 1. The smallest absolute Gasteiger partial charge is 0.255 e. The van der Waals surface area contributed by atoms with Crippen molar-refractivity contribution >= 4 is 34.7 Å². The molecule has 1 fully saturated rings. The van der Waals surface area contributed by atoms with Crippen molar-refractivity contribution in [2.75, 3.05) is 31.6 Å². The summed E-state index contributed by atoms with van der Waals surface area (Å²) in [5, 5.41) is 10.5. The summed E-state index contributed by atoms with van der Waals surface area (Å²) in [6.45, 7) is 4.14. The van der Waals surface area contributed by atoms with E-state index in [1.165, 1.54) is 0 Å². The number of carbonyl (C=O) groups is 1. The fourth-order valence-electron chi connectivity index (χ4n) is 3.64. The van der Waals surface area contributed by atoms with E-state index in [1.54, 1.807) is 29.4 Å². The number of hydrogen-bond acceptors (Lipinski definition) is 6. The number of nitrogens with one attached hydrogen (secondary N) is 2. The minimum Gasteiger partial charge on any atom is -0.378 e. The van der Waals surface area contributed by atoms with Gasteiger partial charge in [0.1, 0.15) is 0 Å². The molecular formula is C21H20ClN7O2. The standard InChI is InChI=1S/C21H20ClN7O2/c1-13-12-29-18(14-9-24-25-10-14)11-23-20(29)19(26-13)27-15-2-3-16(17(22)8-15)21(30)28-4-6-31-7-5-28/h2-3,8-12H,4-7H2,1H3,(H,24,25)(H,26,27). The second-order valence-electron chi connectivity index (χ2n) is 7.28. The van der Waals surface area contributed by atoms with Gasteiger partial charge in [-0.2, -0.15) is 5.10 Å². The van der Waals surface area contributed by atoms with E-state index in [0.29, 0.717) is 48.4 Å². The van der Waals surface area contributed by atoms with Gasteiger partial charge < -0.3 is 15.0 Å². The van der Waals surface area contributed by atoms with Gasteiger partial charge in [-0.1, -0.05) is 11.6 Å². The minimum atomic E-state index is -0.0890. The van der Waals surface area contributed by atoms with Crippen LogP contribution in [0.15, 0.2) is 43.0 Å². The molecule has 0 saturated carbocycles. The summed E-state index contributed by atoms with van der Waals surface area (Å²) >= 11 is 6.46. The number of benzene rings is 1. The highest BCUT2D eigenvalue weighted by Gasteiger charge is 2.21. The van der Waals surface area contributed by atoms with Crippen LogP contribution in [-0.2, 0) is 4.74 Å².